The maximum absolute atomic E-state index is 13.2. The van der Waals surface area contributed by atoms with Crippen LogP contribution in [0.4, 0.5) is 5.69 Å². The van der Waals surface area contributed by atoms with E-state index in [1.54, 1.807) is 19.1 Å². The van der Waals surface area contributed by atoms with Gasteiger partial charge in [-0.3, -0.25) is 4.79 Å². The van der Waals surface area contributed by atoms with E-state index >= 15 is 0 Å². The summed E-state index contributed by atoms with van der Waals surface area (Å²) in [4.78, 5) is 26.1. The van der Waals surface area contributed by atoms with Crippen LogP contribution in [0.1, 0.15) is 49.5 Å². The smallest absolute Gasteiger partial charge is 0.337 e. The van der Waals surface area contributed by atoms with Gasteiger partial charge in [0.15, 0.2) is 0 Å². The van der Waals surface area contributed by atoms with Crippen LogP contribution in [0.15, 0.2) is 93.6 Å². The molecule has 3 aromatic rings. The molecule has 8 heteroatoms. The number of nitrogens with one attached hydrogen (secondary N) is 2. The van der Waals surface area contributed by atoms with Crippen molar-refractivity contribution in [3.63, 3.8) is 0 Å². The topological polar surface area (TPSA) is 104 Å². The lowest BCUT2D eigenvalue weighted by molar-refractivity contribution is -0.138. The van der Waals surface area contributed by atoms with E-state index in [1.807, 2.05) is 54.6 Å². The number of ether oxygens (including phenoxy) is 1. The Morgan fingerprint density at radius 2 is 1.85 bits per heavy atom. The van der Waals surface area contributed by atoms with Crippen LogP contribution >= 0.6 is 11.8 Å². The predicted molar refractivity (Wildman–Crippen MR) is 153 cm³/mol. The van der Waals surface area contributed by atoms with Gasteiger partial charge in [0, 0.05) is 5.69 Å². The Bertz CT molecular complexity index is 1390. The average Bonchev–Trinajstić information content (AvgIpc) is 3.50. The average molecular weight is 542 g/mol. The summed E-state index contributed by atoms with van der Waals surface area (Å²) in [5.74, 6) is -1.03. The number of rotatable bonds is 11. The molecule has 0 radical (unpaired) electrons. The third-order valence-corrected chi connectivity index (χ3v) is 7.26. The number of hydrogen-bond acceptors (Lipinski definition) is 7. The number of furan rings is 1. The number of anilines is 1. The first-order chi connectivity index (χ1) is 19.0. The molecule has 200 valence electrons. The predicted octanol–water partition coefficient (Wildman–Crippen LogP) is 6.39. The lowest BCUT2D eigenvalue weighted by Gasteiger charge is -2.29. The first-order valence-electron chi connectivity index (χ1n) is 13.0. The number of carbonyl (C=O) groups excluding carboxylic acids is 2. The van der Waals surface area contributed by atoms with Gasteiger partial charge in [-0.1, -0.05) is 67.6 Å². The standard InChI is InChI=1S/C31H31N3O4S/c1-3-5-10-21-14-16-23(17-15-21)33-26(35)20-39-30-24(19-32)27(25-13-9-18-38-25)28(31(36)37-4-2)29(34-30)22-11-7-6-8-12-22/h6-9,11-18,27,34H,3-5,10,20H2,1-2H3,(H,33,35)/t27-/m1/s1. The van der Waals surface area contributed by atoms with Crippen LogP contribution < -0.4 is 10.6 Å². The Morgan fingerprint density at radius 3 is 2.49 bits per heavy atom. The van der Waals surface area contributed by atoms with Gasteiger partial charge in [-0.2, -0.15) is 5.26 Å². The molecular weight excluding hydrogens is 510 g/mol. The number of amides is 1. The number of allylic oxidation sites excluding steroid dienone is 1. The molecule has 0 aliphatic carbocycles. The fourth-order valence-electron chi connectivity index (χ4n) is 4.37. The van der Waals surface area contributed by atoms with Crippen LogP contribution in [-0.4, -0.2) is 24.2 Å². The normalized spacial score (nSPS) is 14.9. The number of hydrogen-bond donors (Lipinski definition) is 2. The molecule has 2 heterocycles. The van der Waals surface area contributed by atoms with Crippen molar-refractivity contribution in [2.24, 2.45) is 0 Å². The first kappa shape index (κ1) is 27.8. The number of esters is 1. The number of benzene rings is 2. The van der Waals surface area contributed by atoms with Crippen molar-refractivity contribution in [3.05, 3.63) is 106 Å². The van der Waals surface area contributed by atoms with E-state index in [2.05, 4.69) is 23.6 Å². The number of aryl methyl sites for hydroxylation is 1. The van der Waals surface area contributed by atoms with Gasteiger partial charge >= 0.3 is 5.97 Å². The molecule has 39 heavy (non-hydrogen) atoms. The highest BCUT2D eigenvalue weighted by Gasteiger charge is 2.38. The van der Waals surface area contributed by atoms with Crippen LogP contribution in [0.5, 0.6) is 0 Å². The Morgan fingerprint density at radius 1 is 1.08 bits per heavy atom. The monoisotopic (exact) mass is 541 g/mol. The molecule has 1 amide bonds. The number of carbonyl (C=O) groups is 2. The van der Waals surface area contributed by atoms with Gasteiger partial charge in [0.25, 0.3) is 0 Å². The SMILES string of the molecule is CCCCc1ccc(NC(=O)CSC2=C(C#N)[C@H](c3ccco3)C(C(=O)OCC)=C(c3ccccc3)N2)cc1. The largest absolute Gasteiger partial charge is 0.468 e. The molecule has 4 rings (SSSR count). The zero-order valence-corrected chi connectivity index (χ0v) is 22.8. The Labute approximate surface area is 232 Å². The summed E-state index contributed by atoms with van der Waals surface area (Å²) >= 11 is 1.20. The minimum atomic E-state index is -0.790. The van der Waals surface area contributed by atoms with Crippen molar-refractivity contribution < 1.29 is 18.7 Å². The quantitative estimate of drug-likeness (QED) is 0.271. The zero-order chi connectivity index (χ0) is 27.6. The lowest BCUT2D eigenvalue weighted by Crippen LogP contribution is -2.29. The Kier molecular flexibility index (Phi) is 9.65. The third-order valence-electron chi connectivity index (χ3n) is 6.24. The second kappa shape index (κ2) is 13.5. The van der Waals surface area contributed by atoms with Crippen LogP contribution in [0.25, 0.3) is 5.70 Å². The van der Waals surface area contributed by atoms with E-state index in [0.717, 1.165) is 30.5 Å². The Balaban J connectivity index is 1.61. The molecular formula is C31H31N3O4S. The summed E-state index contributed by atoms with van der Waals surface area (Å²) < 4.78 is 11.1. The number of thioether (sulfide) groups is 1. The molecule has 0 fully saturated rings. The maximum atomic E-state index is 13.2. The van der Waals surface area contributed by atoms with Gasteiger partial charge in [0.05, 0.1) is 52.5 Å². The molecule has 0 saturated heterocycles. The first-order valence-corrected chi connectivity index (χ1v) is 14.0. The van der Waals surface area contributed by atoms with Crippen molar-refractivity contribution in [2.75, 3.05) is 17.7 Å². The number of nitrogens with zero attached hydrogens (tertiary/aromatic N) is 1. The van der Waals surface area contributed by atoms with Crippen LogP contribution in [0.2, 0.25) is 0 Å². The summed E-state index contributed by atoms with van der Waals surface area (Å²) in [6, 6.07) is 22.9. The van der Waals surface area contributed by atoms with E-state index in [9.17, 15) is 14.9 Å². The van der Waals surface area contributed by atoms with E-state index < -0.39 is 11.9 Å². The van der Waals surface area contributed by atoms with Crippen molar-refractivity contribution in [3.8, 4) is 6.07 Å². The molecule has 0 spiro atoms. The zero-order valence-electron chi connectivity index (χ0n) is 22.0. The van der Waals surface area contributed by atoms with E-state index in [4.69, 9.17) is 9.15 Å². The molecule has 7 nitrogen and oxygen atoms in total. The highest BCUT2D eigenvalue weighted by molar-refractivity contribution is 8.03. The van der Waals surface area contributed by atoms with Crippen LogP contribution in [-0.2, 0) is 20.7 Å². The summed E-state index contributed by atoms with van der Waals surface area (Å²) in [5, 5.41) is 16.9. The molecule has 0 unspecified atom stereocenters. The number of unbranched alkanes of at least 4 members (excludes halogenated alkanes) is 1. The summed E-state index contributed by atoms with van der Waals surface area (Å²) in [5.41, 5.74) is 3.79. The number of nitriles is 1. The summed E-state index contributed by atoms with van der Waals surface area (Å²) in [6.45, 7) is 4.08. The summed E-state index contributed by atoms with van der Waals surface area (Å²) in [6.07, 6.45) is 4.78. The summed E-state index contributed by atoms with van der Waals surface area (Å²) in [7, 11) is 0. The van der Waals surface area contributed by atoms with Crippen molar-refractivity contribution >= 4 is 35.0 Å². The molecule has 2 N–H and O–H groups in total. The Hall–Kier alpha value is -4.22. The van der Waals surface area contributed by atoms with Gasteiger partial charge in [-0.25, -0.2) is 4.79 Å². The van der Waals surface area contributed by atoms with Gasteiger partial charge < -0.3 is 19.8 Å². The second-order valence-corrected chi connectivity index (χ2v) is 9.93. The van der Waals surface area contributed by atoms with Gasteiger partial charge in [-0.05, 0) is 55.2 Å². The van der Waals surface area contributed by atoms with Crippen molar-refractivity contribution in [1.29, 1.82) is 5.26 Å². The van der Waals surface area contributed by atoms with E-state index in [-0.39, 0.29) is 29.4 Å². The fourth-order valence-corrected chi connectivity index (χ4v) is 5.21. The molecule has 1 atom stereocenters. The van der Waals surface area contributed by atoms with Crippen LogP contribution in [0.3, 0.4) is 0 Å². The molecule has 1 aliphatic heterocycles. The van der Waals surface area contributed by atoms with Crippen molar-refractivity contribution in [1.82, 2.24) is 5.32 Å². The highest BCUT2D eigenvalue weighted by atomic mass is 32.2. The molecule has 1 aliphatic rings. The maximum Gasteiger partial charge on any atom is 0.337 e. The fraction of sp³-hybridized carbons (Fsp3) is 0.258. The lowest BCUT2D eigenvalue weighted by atomic mass is 9.84. The molecule has 0 saturated carbocycles. The van der Waals surface area contributed by atoms with Crippen molar-refractivity contribution in [2.45, 2.75) is 39.0 Å². The minimum absolute atomic E-state index is 0.0623. The van der Waals surface area contributed by atoms with Crippen LogP contribution in [0, 0.1) is 11.3 Å². The van der Waals surface area contributed by atoms with Gasteiger partial charge in [0.2, 0.25) is 5.91 Å². The van der Waals surface area contributed by atoms with E-state index in [1.165, 1.54) is 23.6 Å². The van der Waals surface area contributed by atoms with Gasteiger partial charge in [-0.15, -0.1) is 0 Å². The minimum Gasteiger partial charge on any atom is -0.468 e. The third kappa shape index (κ3) is 6.81. The van der Waals surface area contributed by atoms with Gasteiger partial charge in [0.1, 0.15) is 5.76 Å². The second-order valence-electron chi connectivity index (χ2n) is 8.94. The highest BCUT2D eigenvalue weighted by Crippen LogP contribution is 2.43. The molecule has 0 bridgehead atoms. The number of dihydropyridines is 1. The van der Waals surface area contributed by atoms with E-state index in [0.29, 0.717) is 16.5 Å². The molecule has 1 aromatic heterocycles. The molecule has 2 aromatic carbocycles.